The number of fused-ring (bicyclic) bond motifs is 2. The minimum Gasteiger partial charge on any atom is -0.481 e. The molecule has 2 aliphatic rings. The van der Waals surface area contributed by atoms with Crippen molar-refractivity contribution in [2.75, 3.05) is 19.6 Å². The Hall–Kier alpha value is -2.56. The van der Waals surface area contributed by atoms with Crippen molar-refractivity contribution in [2.24, 2.45) is 0 Å². The van der Waals surface area contributed by atoms with E-state index in [1.807, 2.05) is 0 Å². The van der Waals surface area contributed by atoms with Gasteiger partial charge in [0.1, 0.15) is 5.57 Å². The van der Waals surface area contributed by atoms with E-state index in [-0.39, 0.29) is 32.5 Å². The van der Waals surface area contributed by atoms with Crippen LogP contribution in [0.15, 0.2) is 11.6 Å². The van der Waals surface area contributed by atoms with Gasteiger partial charge in [-0.3, -0.25) is 29.9 Å². The summed E-state index contributed by atoms with van der Waals surface area (Å²) in [6.45, 7) is -0.624. The van der Waals surface area contributed by atoms with Crippen LogP contribution in [0.4, 0.5) is 0 Å². The molecule has 1 aliphatic heterocycles. The summed E-state index contributed by atoms with van der Waals surface area (Å²) in [7, 11) is 0. The zero-order valence-electron chi connectivity index (χ0n) is 12.0. The summed E-state index contributed by atoms with van der Waals surface area (Å²) >= 11 is 0. The monoisotopic (exact) mass is 329 g/mol. The first-order valence-corrected chi connectivity index (χ1v) is 6.80. The number of nitrogens with zero attached hydrogens (tertiary/aromatic N) is 3. The molecule has 2 N–H and O–H groups in total. The van der Waals surface area contributed by atoms with E-state index in [0.717, 1.165) is 6.08 Å². The molecule has 126 valence electrons. The standard InChI is InChI=1S/C12H15N3O8/c16-9(17)2-4-13-6-11(14(20)21)3-1-8(10(18)19)12(5-11,7-13)15(22)23/h1H,2-7H2,(H,16,17)(H,18,19)/t11-,12+/m1/s1. The highest BCUT2D eigenvalue weighted by molar-refractivity contribution is 5.89. The minimum atomic E-state index is -2.10. The predicted molar refractivity (Wildman–Crippen MR) is 73.1 cm³/mol. The second kappa shape index (κ2) is 5.57. The van der Waals surface area contributed by atoms with Gasteiger partial charge in [0.05, 0.1) is 25.9 Å². The van der Waals surface area contributed by atoms with Crippen LogP contribution in [0.5, 0.6) is 0 Å². The van der Waals surface area contributed by atoms with Crippen molar-refractivity contribution in [1.29, 1.82) is 0 Å². The lowest BCUT2D eigenvalue weighted by atomic mass is 9.68. The highest BCUT2D eigenvalue weighted by atomic mass is 16.6. The number of piperidine rings is 1. The van der Waals surface area contributed by atoms with E-state index in [0.29, 0.717) is 0 Å². The van der Waals surface area contributed by atoms with E-state index in [1.54, 1.807) is 0 Å². The van der Waals surface area contributed by atoms with Gasteiger partial charge in [0, 0.05) is 22.8 Å². The maximum absolute atomic E-state index is 11.6. The van der Waals surface area contributed by atoms with Crippen LogP contribution in [0.25, 0.3) is 0 Å². The fraction of sp³-hybridized carbons (Fsp3) is 0.667. The van der Waals surface area contributed by atoms with Crippen molar-refractivity contribution in [3.05, 3.63) is 31.9 Å². The van der Waals surface area contributed by atoms with Crippen LogP contribution in [0.3, 0.4) is 0 Å². The molecule has 1 aliphatic carbocycles. The first-order valence-electron chi connectivity index (χ1n) is 6.80. The van der Waals surface area contributed by atoms with Crippen molar-refractivity contribution < 1.29 is 29.6 Å². The molecule has 2 bridgehead atoms. The first kappa shape index (κ1) is 16.8. The van der Waals surface area contributed by atoms with Crippen LogP contribution < -0.4 is 0 Å². The summed E-state index contributed by atoms with van der Waals surface area (Å²) in [6.07, 6.45) is -0.0256. The average Bonchev–Trinajstić information content (AvgIpc) is 2.44. The molecule has 23 heavy (non-hydrogen) atoms. The van der Waals surface area contributed by atoms with Crippen LogP contribution >= 0.6 is 0 Å². The fourth-order valence-electron chi connectivity index (χ4n) is 3.41. The van der Waals surface area contributed by atoms with Gasteiger partial charge in [-0.15, -0.1) is 0 Å². The van der Waals surface area contributed by atoms with Crippen LogP contribution in [-0.4, -0.2) is 67.6 Å². The number of carboxylic acid groups (broad SMARTS) is 2. The van der Waals surface area contributed by atoms with E-state index in [1.165, 1.54) is 4.90 Å². The molecule has 2 atom stereocenters. The number of carboxylic acids is 2. The summed E-state index contributed by atoms with van der Waals surface area (Å²) in [4.78, 5) is 45.0. The van der Waals surface area contributed by atoms with Gasteiger partial charge in [0.2, 0.25) is 5.54 Å². The Bertz CT molecular complexity index is 617. The lowest BCUT2D eigenvalue weighted by Crippen LogP contribution is -2.68. The summed E-state index contributed by atoms with van der Waals surface area (Å²) in [5.74, 6) is -2.63. The Morgan fingerprint density at radius 1 is 1.22 bits per heavy atom. The van der Waals surface area contributed by atoms with Gasteiger partial charge in [-0.05, 0) is 0 Å². The lowest BCUT2D eigenvalue weighted by Gasteiger charge is -2.45. The largest absolute Gasteiger partial charge is 0.481 e. The molecule has 0 radical (unpaired) electrons. The van der Waals surface area contributed by atoms with Crippen LogP contribution in [0, 0.1) is 20.2 Å². The summed E-state index contributed by atoms with van der Waals surface area (Å²) < 4.78 is 0. The highest BCUT2D eigenvalue weighted by Crippen LogP contribution is 2.44. The number of aliphatic carboxylic acids is 2. The summed E-state index contributed by atoms with van der Waals surface area (Å²) in [5.41, 5.74) is -4.25. The first-order chi connectivity index (χ1) is 10.6. The zero-order chi connectivity index (χ0) is 17.4. The van der Waals surface area contributed by atoms with Crippen molar-refractivity contribution in [2.45, 2.75) is 30.3 Å². The van der Waals surface area contributed by atoms with E-state index in [9.17, 15) is 34.9 Å². The molecule has 11 heteroatoms. The van der Waals surface area contributed by atoms with Crippen LogP contribution in [0.2, 0.25) is 0 Å². The maximum Gasteiger partial charge on any atom is 0.338 e. The van der Waals surface area contributed by atoms with Gasteiger partial charge in [-0.2, -0.15) is 0 Å². The van der Waals surface area contributed by atoms with Crippen molar-refractivity contribution in [3.63, 3.8) is 0 Å². The molecule has 2 rings (SSSR count). The average molecular weight is 329 g/mol. The molecule has 1 saturated heterocycles. The lowest BCUT2D eigenvalue weighted by molar-refractivity contribution is -0.620. The third kappa shape index (κ3) is 2.74. The molecule has 0 amide bonds. The molecule has 1 fully saturated rings. The number of nitro groups is 2. The molecular weight excluding hydrogens is 314 g/mol. The highest BCUT2D eigenvalue weighted by Gasteiger charge is 2.66. The second-order valence-electron chi connectivity index (χ2n) is 5.93. The van der Waals surface area contributed by atoms with Gasteiger partial charge in [0.15, 0.2) is 0 Å². The number of hydrogen-bond donors (Lipinski definition) is 2. The van der Waals surface area contributed by atoms with Crippen LogP contribution in [-0.2, 0) is 9.59 Å². The molecule has 11 nitrogen and oxygen atoms in total. The number of rotatable bonds is 6. The molecule has 0 aromatic rings. The van der Waals surface area contributed by atoms with E-state index < -0.39 is 44.9 Å². The topological polar surface area (TPSA) is 164 Å². The van der Waals surface area contributed by atoms with Gasteiger partial charge < -0.3 is 10.2 Å². The van der Waals surface area contributed by atoms with Gasteiger partial charge in [0.25, 0.3) is 5.54 Å². The molecule has 0 aromatic heterocycles. The van der Waals surface area contributed by atoms with Crippen LogP contribution in [0.1, 0.15) is 19.3 Å². The number of hydrogen-bond acceptors (Lipinski definition) is 7. The summed E-state index contributed by atoms with van der Waals surface area (Å²) in [6, 6.07) is 0. The van der Waals surface area contributed by atoms with E-state index in [4.69, 9.17) is 5.11 Å². The molecule has 0 saturated carbocycles. The number of likely N-dealkylation sites (tertiary alicyclic amines) is 1. The third-order valence-electron chi connectivity index (χ3n) is 4.42. The smallest absolute Gasteiger partial charge is 0.338 e. The Morgan fingerprint density at radius 2 is 1.87 bits per heavy atom. The Morgan fingerprint density at radius 3 is 2.35 bits per heavy atom. The molecule has 1 heterocycles. The van der Waals surface area contributed by atoms with Gasteiger partial charge in [-0.25, -0.2) is 4.79 Å². The van der Waals surface area contributed by atoms with Crippen molar-refractivity contribution >= 4 is 11.9 Å². The Labute approximate surface area is 129 Å². The quantitative estimate of drug-likeness (QED) is 0.487. The zero-order valence-corrected chi connectivity index (χ0v) is 12.0. The van der Waals surface area contributed by atoms with Crippen molar-refractivity contribution in [1.82, 2.24) is 4.90 Å². The third-order valence-corrected chi connectivity index (χ3v) is 4.42. The van der Waals surface area contributed by atoms with E-state index in [2.05, 4.69) is 0 Å². The Kier molecular flexibility index (Phi) is 4.07. The minimum absolute atomic E-state index is 0.118. The summed E-state index contributed by atoms with van der Waals surface area (Å²) in [5, 5.41) is 41.0. The second-order valence-corrected chi connectivity index (χ2v) is 5.93. The molecule has 0 aromatic carbocycles. The number of carbonyl (C=O) groups is 2. The maximum atomic E-state index is 11.6. The Balaban J connectivity index is 2.47. The predicted octanol–water partition coefficient (Wildman–Crippen LogP) is -0.387. The van der Waals surface area contributed by atoms with E-state index >= 15 is 0 Å². The van der Waals surface area contributed by atoms with Crippen molar-refractivity contribution in [3.8, 4) is 0 Å². The normalized spacial score (nSPS) is 30.3. The molecule has 0 spiro atoms. The molecule has 0 unspecified atom stereocenters. The van der Waals surface area contributed by atoms with Gasteiger partial charge >= 0.3 is 11.9 Å². The fourth-order valence-corrected chi connectivity index (χ4v) is 3.41. The van der Waals surface area contributed by atoms with Gasteiger partial charge in [-0.1, -0.05) is 6.08 Å². The molecular formula is C12H15N3O8. The SMILES string of the molecule is O=C(O)CCN1C[C@@]2([N+](=O)[O-])CC=C(C(=O)O)[C@@]([N+](=O)[O-])(C1)C2.